The van der Waals surface area contributed by atoms with Crippen molar-refractivity contribution >= 4 is 5.69 Å². The quantitative estimate of drug-likeness (QED) is 0.283. The minimum Gasteiger partial charge on any atom is -0.351 e. The lowest BCUT2D eigenvalue weighted by molar-refractivity contribution is -0.384. The van der Waals surface area contributed by atoms with Gasteiger partial charge in [0, 0.05) is 36.9 Å². The van der Waals surface area contributed by atoms with Crippen LogP contribution in [0.25, 0.3) is 11.1 Å². The van der Waals surface area contributed by atoms with Gasteiger partial charge in [-0.25, -0.2) is 9.97 Å². The van der Waals surface area contributed by atoms with Crippen molar-refractivity contribution in [2.75, 3.05) is 0 Å². The Labute approximate surface area is 180 Å². The second-order valence-electron chi connectivity index (χ2n) is 5.85. The van der Waals surface area contributed by atoms with Gasteiger partial charge in [-0.05, 0) is 11.1 Å². The second-order valence-corrected chi connectivity index (χ2v) is 5.85. The lowest BCUT2D eigenvalue weighted by Crippen LogP contribution is -1.84. The Morgan fingerprint density at radius 3 is 1.23 bits per heavy atom. The first-order valence-corrected chi connectivity index (χ1v) is 9.42. The highest BCUT2D eigenvalue weighted by molar-refractivity contribution is 5.62. The Hall–Kier alpha value is -4.52. The van der Waals surface area contributed by atoms with Crippen LogP contribution >= 0.6 is 0 Å². The van der Waals surface area contributed by atoms with E-state index < -0.39 is 4.92 Å². The number of nitro groups is 1. The normalized spacial score (nSPS) is 8.90. The van der Waals surface area contributed by atoms with Gasteiger partial charge >= 0.3 is 0 Å². The van der Waals surface area contributed by atoms with E-state index in [2.05, 4.69) is 68.5 Å². The molecule has 2 N–H and O–H groups in total. The zero-order chi connectivity index (χ0) is 22.0. The van der Waals surface area contributed by atoms with E-state index in [0.29, 0.717) is 0 Å². The van der Waals surface area contributed by atoms with Crippen molar-refractivity contribution in [1.29, 1.82) is 0 Å². The topological polar surface area (TPSA) is 100 Å². The molecule has 2 heterocycles. The Balaban J connectivity index is 0.000000158. The van der Waals surface area contributed by atoms with Crippen molar-refractivity contribution in [3.05, 3.63) is 139 Å². The molecule has 0 aliphatic rings. The van der Waals surface area contributed by atoms with Crippen LogP contribution in [0.1, 0.15) is 0 Å². The molecule has 0 radical (unpaired) electrons. The third kappa shape index (κ3) is 10.00. The average molecular weight is 413 g/mol. The molecule has 31 heavy (non-hydrogen) atoms. The first kappa shape index (κ1) is 22.8. The summed E-state index contributed by atoms with van der Waals surface area (Å²) in [5.41, 5.74) is 2.69. The summed E-state index contributed by atoms with van der Waals surface area (Å²) >= 11 is 0. The van der Waals surface area contributed by atoms with E-state index in [-0.39, 0.29) is 5.69 Å². The number of non-ortho nitro benzene ring substituents is 1. The Morgan fingerprint density at radius 2 is 1.00 bits per heavy atom. The van der Waals surface area contributed by atoms with Crippen molar-refractivity contribution in [3.8, 4) is 11.1 Å². The Bertz CT molecular complexity index is 939. The predicted molar refractivity (Wildman–Crippen MR) is 122 cm³/mol. The number of nitrogens with zero attached hydrogens (tertiary/aromatic N) is 3. The van der Waals surface area contributed by atoms with E-state index in [1.54, 1.807) is 55.6 Å². The summed E-state index contributed by atoms with van der Waals surface area (Å²) in [6.45, 7) is 0. The summed E-state index contributed by atoms with van der Waals surface area (Å²) in [6.07, 6.45) is 10.2. The lowest BCUT2D eigenvalue weighted by Gasteiger charge is -1.98. The molecule has 7 nitrogen and oxygen atoms in total. The van der Waals surface area contributed by atoms with Gasteiger partial charge in [-0.2, -0.15) is 0 Å². The van der Waals surface area contributed by atoms with Gasteiger partial charge in [0.05, 0.1) is 17.6 Å². The number of aromatic amines is 2. The second kappa shape index (κ2) is 14.5. The van der Waals surface area contributed by atoms with Crippen LogP contribution in [0.2, 0.25) is 0 Å². The highest BCUT2D eigenvalue weighted by Crippen LogP contribution is 2.17. The van der Waals surface area contributed by atoms with Gasteiger partial charge in [0.2, 0.25) is 0 Å². The van der Waals surface area contributed by atoms with Crippen molar-refractivity contribution < 1.29 is 4.92 Å². The van der Waals surface area contributed by atoms with Crippen LogP contribution in [-0.4, -0.2) is 24.9 Å². The monoisotopic (exact) mass is 413 g/mol. The molecular weight excluding hydrogens is 390 g/mol. The molecule has 0 amide bonds. The molecular formula is C24H23N5O2. The van der Waals surface area contributed by atoms with Crippen LogP contribution < -0.4 is 0 Å². The van der Waals surface area contributed by atoms with Crippen LogP contribution in [0.4, 0.5) is 5.69 Å². The minimum atomic E-state index is -0.417. The first-order chi connectivity index (χ1) is 15.3. The van der Waals surface area contributed by atoms with Crippen molar-refractivity contribution in [1.82, 2.24) is 19.9 Å². The van der Waals surface area contributed by atoms with Gasteiger partial charge in [0.15, 0.2) is 0 Å². The highest BCUT2D eigenvalue weighted by Gasteiger charge is 1.98. The lowest BCUT2D eigenvalue weighted by atomic mass is 10.1. The fraction of sp³-hybridized carbons (Fsp3) is 0. The third-order valence-electron chi connectivity index (χ3n) is 3.66. The fourth-order valence-electron chi connectivity index (χ4n) is 2.24. The number of hydrogen-bond acceptors (Lipinski definition) is 4. The molecule has 0 aliphatic heterocycles. The van der Waals surface area contributed by atoms with Crippen LogP contribution in [-0.2, 0) is 0 Å². The molecule has 2 aromatic heterocycles. The molecule has 0 aliphatic carbocycles. The van der Waals surface area contributed by atoms with E-state index in [0.717, 1.165) is 0 Å². The molecule has 0 bridgehead atoms. The SMILES string of the molecule is O=[N+]([O-])c1ccccc1.c1c[nH]cn1.c1c[nH]cn1.c1ccc(-c2ccccc2)cc1. The summed E-state index contributed by atoms with van der Waals surface area (Å²) < 4.78 is 0. The van der Waals surface area contributed by atoms with Crippen molar-refractivity contribution in [2.45, 2.75) is 0 Å². The van der Waals surface area contributed by atoms with Gasteiger partial charge in [-0.3, -0.25) is 10.1 Å². The van der Waals surface area contributed by atoms with E-state index in [1.165, 1.54) is 23.3 Å². The molecule has 0 saturated carbocycles. The summed E-state index contributed by atoms with van der Waals surface area (Å²) in [7, 11) is 0. The number of nitrogens with one attached hydrogen (secondary N) is 2. The molecule has 5 aromatic rings. The van der Waals surface area contributed by atoms with Gasteiger partial charge in [0.1, 0.15) is 0 Å². The highest BCUT2D eigenvalue weighted by atomic mass is 16.6. The molecule has 0 spiro atoms. The summed E-state index contributed by atoms with van der Waals surface area (Å²) in [5, 5.41) is 10.0. The van der Waals surface area contributed by atoms with Gasteiger partial charge in [-0.15, -0.1) is 0 Å². The predicted octanol–water partition coefficient (Wildman–Crippen LogP) is 5.77. The number of rotatable bonds is 2. The summed E-state index contributed by atoms with van der Waals surface area (Å²) in [5.74, 6) is 0. The number of hydrogen-bond donors (Lipinski definition) is 2. The first-order valence-electron chi connectivity index (χ1n) is 9.42. The Kier molecular flexibility index (Phi) is 10.6. The summed E-state index contributed by atoms with van der Waals surface area (Å²) in [4.78, 5) is 22.4. The molecule has 7 heteroatoms. The van der Waals surface area contributed by atoms with Crippen LogP contribution in [0, 0.1) is 10.1 Å². The molecule has 156 valence electrons. The summed E-state index contributed by atoms with van der Waals surface area (Å²) in [6, 6.07) is 28.7. The molecule has 0 fully saturated rings. The van der Waals surface area contributed by atoms with Crippen molar-refractivity contribution in [3.63, 3.8) is 0 Å². The number of nitro benzene ring substituents is 1. The average Bonchev–Trinajstić information content (AvgIpc) is 3.61. The molecule has 0 atom stereocenters. The third-order valence-corrected chi connectivity index (χ3v) is 3.66. The maximum absolute atomic E-state index is 10.0. The van der Waals surface area contributed by atoms with Gasteiger partial charge in [-0.1, -0.05) is 78.9 Å². The largest absolute Gasteiger partial charge is 0.351 e. The van der Waals surface area contributed by atoms with Gasteiger partial charge < -0.3 is 9.97 Å². The Morgan fingerprint density at radius 1 is 0.613 bits per heavy atom. The molecule has 3 aromatic carbocycles. The number of para-hydroxylation sites is 1. The molecule has 0 saturated heterocycles. The number of benzene rings is 3. The fourth-order valence-corrected chi connectivity index (χ4v) is 2.24. The van der Waals surface area contributed by atoms with Crippen LogP contribution in [0.15, 0.2) is 128 Å². The number of imidazole rings is 2. The zero-order valence-corrected chi connectivity index (χ0v) is 16.8. The van der Waals surface area contributed by atoms with Crippen LogP contribution in [0.5, 0.6) is 0 Å². The molecule has 5 rings (SSSR count). The maximum atomic E-state index is 10.0. The van der Waals surface area contributed by atoms with E-state index >= 15 is 0 Å². The van der Waals surface area contributed by atoms with E-state index in [1.807, 2.05) is 12.1 Å². The maximum Gasteiger partial charge on any atom is 0.269 e. The number of H-pyrrole nitrogens is 2. The van der Waals surface area contributed by atoms with Crippen LogP contribution in [0.3, 0.4) is 0 Å². The smallest absolute Gasteiger partial charge is 0.269 e. The van der Waals surface area contributed by atoms with E-state index in [4.69, 9.17) is 0 Å². The van der Waals surface area contributed by atoms with E-state index in [9.17, 15) is 10.1 Å². The standard InChI is InChI=1S/C12H10.C6H5NO2.2C3H4N2/c1-3-7-11(8-4-1)12-9-5-2-6-10-12;8-7(9)6-4-2-1-3-5-6;2*1-2-5-3-4-1/h1-10H;1-5H;2*1-3H,(H,4,5). The number of aromatic nitrogens is 4. The zero-order valence-electron chi connectivity index (χ0n) is 16.8. The minimum absolute atomic E-state index is 0.137. The molecule has 0 unspecified atom stereocenters. The van der Waals surface area contributed by atoms with Crippen molar-refractivity contribution in [2.24, 2.45) is 0 Å². The van der Waals surface area contributed by atoms with Gasteiger partial charge in [0.25, 0.3) is 5.69 Å².